The van der Waals surface area contributed by atoms with Crippen LogP contribution in [0.25, 0.3) is 11.1 Å². The van der Waals surface area contributed by atoms with Gasteiger partial charge in [0.15, 0.2) is 6.10 Å². The van der Waals surface area contributed by atoms with E-state index in [1.807, 2.05) is 52.8 Å². The smallest absolute Gasteiger partial charge is 0.337 e. The fourth-order valence-corrected chi connectivity index (χ4v) is 5.61. The molecule has 0 aliphatic carbocycles. The number of aliphatic carboxylic acids is 1. The van der Waals surface area contributed by atoms with Crippen LogP contribution in [0.2, 0.25) is 0 Å². The normalized spacial score (nSPS) is 14.0. The summed E-state index contributed by atoms with van der Waals surface area (Å²) in [5.74, 6) is 0.819. The highest BCUT2D eigenvalue weighted by Gasteiger charge is 2.32. The van der Waals surface area contributed by atoms with Gasteiger partial charge in [-0.3, -0.25) is 0 Å². The van der Waals surface area contributed by atoms with Crippen molar-refractivity contribution >= 4 is 23.6 Å². The Morgan fingerprint density at radius 2 is 1.89 bits per heavy atom. The molecule has 196 valence electrons. The summed E-state index contributed by atoms with van der Waals surface area (Å²) >= 11 is 1.63. The van der Waals surface area contributed by atoms with Crippen molar-refractivity contribution in [2.75, 3.05) is 17.1 Å². The molecular weight excluding hydrogens is 482 g/mol. The van der Waals surface area contributed by atoms with Crippen molar-refractivity contribution in [3.63, 3.8) is 0 Å². The van der Waals surface area contributed by atoms with E-state index in [0.29, 0.717) is 5.56 Å². The molecule has 5 nitrogen and oxygen atoms in total. The number of ether oxygens (including phenoxy) is 2. The van der Waals surface area contributed by atoms with Gasteiger partial charge in [-0.25, -0.2) is 4.79 Å². The molecule has 1 aliphatic heterocycles. The number of benzene rings is 3. The summed E-state index contributed by atoms with van der Waals surface area (Å²) in [6, 6.07) is 18.7. The van der Waals surface area contributed by atoms with E-state index in [2.05, 4.69) is 41.1 Å². The van der Waals surface area contributed by atoms with Gasteiger partial charge >= 0.3 is 5.97 Å². The molecule has 0 saturated carbocycles. The molecular formula is C31H37NO4S. The lowest BCUT2D eigenvalue weighted by molar-refractivity contribution is -0.160. The van der Waals surface area contributed by atoms with E-state index in [0.717, 1.165) is 70.9 Å². The van der Waals surface area contributed by atoms with Crippen molar-refractivity contribution in [2.24, 2.45) is 0 Å². The molecule has 0 amide bonds. The highest BCUT2D eigenvalue weighted by molar-refractivity contribution is 8.00. The molecule has 0 aromatic heterocycles. The van der Waals surface area contributed by atoms with Crippen LogP contribution in [0.15, 0.2) is 54.6 Å². The van der Waals surface area contributed by atoms with Crippen LogP contribution in [0, 0.1) is 13.8 Å². The Bertz CT molecular complexity index is 1250. The number of rotatable bonds is 9. The first-order chi connectivity index (χ1) is 17.6. The lowest BCUT2D eigenvalue weighted by atomic mass is 9.86. The first-order valence-electron chi connectivity index (χ1n) is 12.9. The molecule has 3 aromatic rings. The summed E-state index contributed by atoms with van der Waals surface area (Å²) in [5.41, 5.74) is 7.25. The van der Waals surface area contributed by atoms with Crippen LogP contribution in [-0.4, -0.2) is 29.0 Å². The second-order valence-electron chi connectivity index (χ2n) is 10.6. The van der Waals surface area contributed by atoms with Gasteiger partial charge in [-0.05, 0) is 105 Å². The van der Waals surface area contributed by atoms with E-state index in [9.17, 15) is 9.90 Å². The third kappa shape index (κ3) is 6.68. The third-order valence-corrected chi connectivity index (χ3v) is 7.28. The number of carboxylic acid groups (broad SMARTS) is 1. The maximum atomic E-state index is 12.6. The topological polar surface area (TPSA) is 67.8 Å². The summed E-state index contributed by atoms with van der Waals surface area (Å²) in [6.45, 7) is 10.4. The number of nitrogens with one attached hydrogen (secondary N) is 1. The van der Waals surface area contributed by atoms with Crippen molar-refractivity contribution in [1.29, 1.82) is 0 Å². The second kappa shape index (κ2) is 11.6. The van der Waals surface area contributed by atoms with E-state index in [-0.39, 0.29) is 0 Å². The molecule has 0 bridgehead atoms. The van der Waals surface area contributed by atoms with Crippen LogP contribution in [0.3, 0.4) is 0 Å². The fourth-order valence-electron chi connectivity index (χ4n) is 4.80. The van der Waals surface area contributed by atoms with Crippen molar-refractivity contribution in [3.8, 4) is 16.9 Å². The van der Waals surface area contributed by atoms with Crippen LogP contribution in [0.4, 0.5) is 5.69 Å². The minimum absolute atomic E-state index is 0.627. The number of fused-ring (bicyclic) bond motifs is 1. The molecule has 0 radical (unpaired) electrons. The summed E-state index contributed by atoms with van der Waals surface area (Å²) in [4.78, 5) is 12.6. The Hall–Kier alpha value is -2.96. The van der Waals surface area contributed by atoms with E-state index in [1.54, 1.807) is 11.9 Å². The molecule has 4 rings (SSSR count). The maximum absolute atomic E-state index is 12.6. The van der Waals surface area contributed by atoms with Gasteiger partial charge < -0.3 is 19.3 Å². The second-order valence-corrected chi connectivity index (χ2v) is 11.5. The van der Waals surface area contributed by atoms with E-state index >= 15 is 0 Å². The summed E-state index contributed by atoms with van der Waals surface area (Å²) < 4.78 is 15.5. The SMILES string of the molecule is Cc1cc(NSCCc2ccccc2)c(C)c(C(OC(C)(C)C)C(=O)O)c1-c1ccc2c(c1)CCCO2. The van der Waals surface area contributed by atoms with Gasteiger partial charge in [0.05, 0.1) is 12.2 Å². The summed E-state index contributed by atoms with van der Waals surface area (Å²) in [6.07, 6.45) is 1.78. The predicted octanol–water partition coefficient (Wildman–Crippen LogP) is 7.54. The van der Waals surface area contributed by atoms with Crippen LogP contribution in [-0.2, 0) is 22.4 Å². The van der Waals surface area contributed by atoms with Crippen LogP contribution in [0.5, 0.6) is 5.75 Å². The van der Waals surface area contributed by atoms with Crippen molar-refractivity contribution in [1.82, 2.24) is 0 Å². The van der Waals surface area contributed by atoms with Gasteiger partial charge in [0.1, 0.15) is 5.75 Å². The number of anilines is 1. The Kier molecular flexibility index (Phi) is 8.50. The molecule has 0 fully saturated rings. The molecule has 0 saturated heterocycles. The van der Waals surface area contributed by atoms with Gasteiger partial charge in [-0.2, -0.15) is 0 Å². The first kappa shape index (κ1) is 27.1. The Labute approximate surface area is 224 Å². The molecule has 1 heterocycles. The van der Waals surface area contributed by atoms with E-state index in [1.165, 1.54) is 5.56 Å². The summed E-state index contributed by atoms with van der Waals surface area (Å²) in [7, 11) is 0. The average molecular weight is 520 g/mol. The quantitative estimate of drug-likeness (QED) is 0.225. The van der Waals surface area contributed by atoms with Gasteiger partial charge in [-0.1, -0.05) is 48.3 Å². The van der Waals surface area contributed by atoms with Gasteiger partial charge in [0, 0.05) is 17.0 Å². The Morgan fingerprint density at radius 1 is 1.14 bits per heavy atom. The molecule has 1 atom stereocenters. The minimum atomic E-state index is -1.10. The predicted molar refractivity (Wildman–Crippen MR) is 153 cm³/mol. The lowest BCUT2D eigenvalue weighted by Crippen LogP contribution is -2.28. The Balaban J connectivity index is 1.73. The van der Waals surface area contributed by atoms with Crippen molar-refractivity contribution in [3.05, 3.63) is 82.4 Å². The monoisotopic (exact) mass is 519 g/mol. The molecule has 3 aromatic carbocycles. The molecule has 37 heavy (non-hydrogen) atoms. The highest BCUT2D eigenvalue weighted by Crippen LogP contribution is 2.42. The summed E-state index contributed by atoms with van der Waals surface area (Å²) in [5, 5.41) is 10.3. The third-order valence-electron chi connectivity index (χ3n) is 6.51. The lowest BCUT2D eigenvalue weighted by Gasteiger charge is -2.30. The number of aryl methyl sites for hydroxylation is 3. The van der Waals surface area contributed by atoms with Crippen LogP contribution in [0.1, 0.15) is 61.1 Å². The number of carboxylic acids is 1. The van der Waals surface area contributed by atoms with Gasteiger partial charge in [-0.15, -0.1) is 0 Å². The molecule has 1 unspecified atom stereocenters. The van der Waals surface area contributed by atoms with Gasteiger partial charge in [0.2, 0.25) is 0 Å². The van der Waals surface area contributed by atoms with Crippen LogP contribution >= 0.6 is 11.9 Å². The molecule has 2 N–H and O–H groups in total. The maximum Gasteiger partial charge on any atom is 0.337 e. The standard InChI is InChI=1S/C31H37NO4S/c1-20-18-25(32-37-17-15-22-10-7-6-8-11-22)21(2)28(29(30(33)34)36-31(3,4)5)27(20)24-13-14-26-23(19-24)12-9-16-35-26/h6-8,10-11,13-14,18-19,29,32H,9,12,15-17H2,1-5H3,(H,33,34). The average Bonchev–Trinajstić information content (AvgIpc) is 2.86. The minimum Gasteiger partial charge on any atom is -0.493 e. The van der Waals surface area contributed by atoms with Crippen molar-refractivity contribution < 1.29 is 19.4 Å². The highest BCUT2D eigenvalue weighted by atomic mass is 32.2. The zero-order valence-corrected chi connectivity index (χ0v) is 23.2. The number of hydrogen-bond acceptors (Lipinski definition) is 5. The largest absolute Gasteiger partial charge is 0.493 e. The zero-order valence-electron chi connectivity index (χ0n) is 22.4. The Morgan fingerprint density at radius 3 is 2.59 bits per heavy atom. The van der Waals surface area contributed by atoms with Crippen LogP contribution < -0.4 is 9.46 Å². The van der Waals surface area contributed by atoms with E-state index in [4.69, 9.17) is 9.47 Å². The van der Waals surface area contributed by atoms with E-state index < -0.39 is 17.7 Å². The molecule has 1 aliphatic rings. The zero-order chi connectivity index (χ0) is 26.6. The van der Waals surface area contributed by atoms with Gasteiger partial charge in [0.25, 0.3) is 0 Å². The first-order valence-corrected chi connectivity index (χ1v) is 13.8. The van der Waals surface area contributed by atoms with Crippen molar-refractivity contribution in [2.45, 2.75) is 65.6 Å². The number of carbonyl (C=O) groups is 1. The number of hydrogen-bond donors (Lipinski definition) is 2. The fraction of sp³-hybridized carbons (Fsp3) is 0.387. The molecule has 0 spiro atoms. The molecule has 6 heteroatoms.